The second-order valence-electron chi connectivity index (χ2n) is 13.8. The second kappa shape index (κ2) is 12.9. The number of aromatic nitrogens is 5. The summed E-state index contributed by atoms with van der Waals surface area (Å²) in [7, 11) is 32.4. The van der Waals surface area contributed by atoms with Crippen LogP contribution in [-0.4, -0.2) is 63.3 Å². The van der Waals surface area contributed by atoms with E-state index in [1.165, 1.54) is 0 Å². The van der Waals surface area contributed by atoms with Crippen LogP contribution < -0.4 is 27.3 Å². The molecular weight excluding hydrogens is 665 g/mol. The molecule has 0 bridgehead atoms. The lowest BCUT2D eigenvalue weighted by Crippen LogP contribution is -2.56. The zero-order valence-electron chi connectivity index (χ0n) is 29.7. The number of para-hydroxylation sites is 2. The zero-order chi connectivity index (χ0) is 37.4. The maximum atomic E-state index is 6.70. The topological polar surface area (TPSA) is 48.5 Å². The van der Waals surface area contributed by atoms with Crippen LogP contribution in [0.4, 0.5) is 0 Å². The molecule has 10 radical (unpaired) electrons. The number of benzene rings is 6. The SMILES string of the molecule is [B]c1c([B])c([B])c(-n2c3ccccc3c3c4c5ccccc5n(-c5nc(C6=CCCC=C6)nc(-c6ccccc6-c6ccccc6)n5)c4ccc32)c([B])c1[B]. The van der Waals surface area contributed by atoms with Gasteiger partial charge in [0, 0.05) is 38.4 Å². The lowest BCUT2D eigenvalue weighted by atomic mass is 9.61. The highest BCUT2D eigenvalue weighted by Gasteiger charge is 2.24. The first kappa shape index (κ1) is 33.3. The van der Waals surface area contributed by atoms with Crippen molar-refractivity contribution in [2.24, 2.45) is 0 Å². The van der Waals surface area contributed by atoms with Gasteiger partial charge < -0.3 is 4.57 Å². The van der Waals surface area contributed by atoms with Gasteiger partial charge in [-0.15, -0.1) is 16.4 Å². The summed E-state index contributed by atoms with van der Waals surface area (Å²) in [4.78, 5) is 15.6. The Hall–Kier alpha value is -6.27. The molecule has 10 rings (SSSR count). The molecule has 0 aliphatic heterocycles. The van der Waals surface area contributed by atoms with Crippen molar-refractivity contribution in [2.75, 3.05) is 0 Å². The second-order valence-corrected chi connectivity index (χ2v) is 13.8. The highest BCUT2D eigenvalue weighted by atomic mass is 15.2. The number of hydrogen-bond acceptors (Lipinski definition) is 3. The van der Waals surface area contributed by atoms with Gasteiger partial charge in [-0.2, -0.15) is 9.97 Å². The van der Waals surface area contributed by atoms with Gasteiger partial charge in [-0.3, -0.25) is 4.57 Å². The third-order valence-corrected chi connectivity index (χ3v) is 10.7. The summed E-state index contributed by atoms with van der Waals surface area (Å²) in [5, 5.41) is 4.08. The van der Waals surface area contributed by atoms with Crippen LogP contribution in [0.5, 0.6) is 0 Å². The third kappa shape index (κ3) is 5.11. The van der Waals surface area contributed by atoms with E-state index in [2.05, 4.69) is 83.5 Å². The lowest BCUT2D eigenvalue weighted by Gasteiger charge is -2.23. The fourth-order valence-electron chi connectivity index (χ4n) is 8.09. The zero-order valence-corrected chi connectivity index (χ0v) is 29.7. The van der Waals surface area contributed by atoms with Crippen LogP contribution in [0.15, 0.2) is 133 Å². The number of fused-ring (bicyclic) bond motifs is 7. The van der Waals surface area contributed by atoms with Crippen LogP contribution in [-0.2, 0) is 0 Å². The predicted octanol–water partition coefficient (Wildman–Crippen LogP) is 5.10. The molecular formula is C45H26B5N5. The van der Waals surface area contributed by atoms with Gasteiger partial charge in [0.15, 0.2) is 11.6 Å². The molecule has 3 heterocycles. The van der Waals surface area contributed by atoms with E-state index in [4.69, 9.17) is 54.2 Å². The summed E-state index contributed by atoms with van der Waals surface area (Å²) in [6.07, 6.45) is 8.37. The first-order valence-electron chi connectivity index (χ1n) is 18.2. The average Bonchev–Trinajstić information content (AvgIpc) is 3.75. The molecule has 0 amide bonds. The summed E-state index contributed by atoms with van der Waals surface area (Å²) in [5.41, 5.74) is 9.26. The van der Waals surface area contributed by atoms with Gasteiger partial charge in [-0.1, -0.05) is 120 Å². The number of nitrogens with zero attached hydrogens (tertiary/aromatic N) is 5. The number of hydrogen-bond donors (Lipinski definition) is 0. The van der Waals surface area contributed by atoms with E-state index in [0.717, 1.165) is 78.7 Å². The number of allylic oxidation sites excluding steroid dienone is 4. The Balaban J connectivity index is 1.31. The molecule has 0 N–H and O–H groups in total. The average molecular weight is 691 g/mol. The van der Waals surface area contributed by atoms with Crippen molar-refractivity contribution in [3.63, 3.8) is 0 Å². The minimum absolute atomic E-state index is 0.173. The van der Waals surface area contributed by atoms with Crippen molar-refractivity contribution >= 4 is 116 Å². The van der Waals surface area contributed by atoms with Crippen molar-refractivity contribution in [3.8, 4) is 34.2 Å². The standard InChI is InChI=1S/C45H26B5N5/c46-37-38(47)40(49)42(41(50)39(37)48)54-31-21-11-9-19-29(31)35-33(54)23-24-34-36(35)30-20-10-12-22-32(30)55(34)45-52-43(26-15-5-2-6-16-26)51-44(53-45)28-18-8-7-17-27(28)25-13-3-1-4-14-25/h1,3-5,7-24H,2,6H2. The Morgan fingerprint density at radius 2 is 1.00 bits per heavy atom. The monoisotopic (exact) mass is 691 g/mol. The molecule has 1 aliphatic rings. The number of rotatable bonds is 5. The van der Waals surface area contributed by atoms with E-state index in [9.17, 15) is 0 Å². The van der Waals surface area contributed by atoms with E-state index < -0.39 is 0 Å². The molecule has 10 heteroatoms. The van der Waals surface area contributed by atoms with E-state index in [-0.39, 0.29) is 27.3 Å². The fraction of sp³-hybridized carbons (Fsp3) is 0.0444. The quantitative estimate of drug-likeness (QED) is 0.236. The molecule has 0 saturated heterocycles. The molecule has 5 nitrogen and oxygen atoms in total. The predicted molar refractivity (Wildman–Crippen MR) is 233 cm³/mol. The van der Waals surface area contributed by atoms with E-state index in [1.807, 2.05) is 59.2 Å². The molecule has 3 aromatic heterocycles. The molecule has 0 fully saturated rings. The minimum Gasteiger partial charge on any atom is -0.310 e. The molecule has 55 heavy (non-hydrogen) atoms. The Bertz CT molecular complexity index is 3080. The molecule has 0 atom stereocenters. The van der Waals surface area contributed by atoms with Gasteiger partial charge in [0.25, 0.3) is 0 Å². The van der Waals surface area contributed by atoms with Crippen LogP contribution in [0.2, 0.25) is 0 Å². The van der Waals surface area contributed by atoms with Gasteiger partial charge in [0.1, 0.15) is 39.2 Å². The fourth-order valence-corrected chi connectivity index (χ4v) is 8.09. The van der Waals surface area contributed by atoms with Crippen LogP contribution in [0.3, 0.4) is 0 Å². The molecule has 1 aliphatic carbocycles. The summed E-state index contributed by atoms with van der Waals surface area (Å²) < 4.78 is 4.18. The van der Waals surface area contributed by atoms with Crippen LogP contribution >= 0.6 is 0 Å². The summed E-state index contributed by atoms with van der Waals surface area (Å²) in [6, 6.07) is 39.3. The summed E-state index contributed by atoms with van der Waals surface area (Å²) in [6.45, 7) is 0. The van der Waals surface area contributed by atoms with Crippen LogP contribution in [0, 0.1) is 0 Å². The highest BCUT2D eigenvalue weighted by Crippen LogP contribution is 2.42. The van der Waals surface area contributed by atoms with Gasteiger partial charge in [-0.05, 0) is 48.2 Å². The Morgan fingerprint density at radius 3 is 1.65 bits per heavy atom. The van der Waals surface area contributed by atoms with E-state index in [1.54, 1.807) is 0 Å². The Kier molecular flexibility index (Phi) is 7.84. The Morgan fingerprint density at radius 1 is 0.455 bits per heavy atom. The summed E-state index contributed by atoms with van der Waals surface area (Å²) in [5.74, 6) is 1.73. The molecule has 0 spiro atoms. The smallest absolute Gasteiger partial charge is 0.238 e. The maximum absolute atomic E-state index is 6.70. The van der Waals surface area contributed by atoms with E-state index >= 15 is 0 Å². The van der Waals surface area contributed by atoms with Gasteiger partial charge in [0.05, 0.1) is 22.1 Å². The largest absolute Gasteiger partial charge is 0.310 e. The van der Waals surface area contributed by atoms with Crippen molar-refractivity contribution < 1.29 is 0 Å². The molecule has 246 valence electrons. The highest BCUT2D eigenvalue weighted by molar-refractivity contribution is 6.68. The molecule has 0 saturated carbocycles. The van der Waals surface area contributed by atoms with Gasteiger partial charge in [0.2, 0.25) is 5.95 Å². The third-order valence-electron chi connectivity index (χ3n) is 10.7. The van der Waals surface area contributed by atoms with Crippen molar-refractivity contribution in [1.29, 1.82) is 0 Å². The van der Waals surface area contributed by atoms with Crippen LogP contribution in [0.25, 0.3) is 83.3 Å². The van der Waals surface area contributed by atoms with Crippen LogP contribution in [0.1, 0.15) is 18.7 Å². The first-order valence-corrected chi connectivity index (χ1v) is 18.2. The Labute approximate surface area is 324 Å². The van der Waals surface area contributed by atoms with E-state index in [0.29, 0.717) is 23.3 Å². The van der Waals surface area contributed by atoms with Gasteiger partial charge >= 0.3 is 0 Å². The lowest BCUT2D eigenvalue weighted by molar-refractivity contribution is 0.928. The summed E-state index contributed by atoms with van der Waals surface area (Å²) >= 11 is 0. The van der Waals surface area contributed by atoms with Gasteiger partial charge in [-0.25, -0.2) is 4.98 Å². The van der Waals surface area contributed by atoms with Crippen molar-refractivity contribution in [3.05, 3.63) is 139 Å². The van der Waals surface area contributed by atoms with Crippen molar-refractivity contribution in [2.45, 2.75) is 12.8 Å². The first-order chi connectivity index (χ1) is 26.9. The molecule has 0 unspecified atom stereocenters. The van der Waals surface area contributed by atoms with Crippen molar-refractivity contribution in [1.82, 2.24) is 24.1 Å². The normalized spacial score (nSPS) is 13.0. The molecule has 9 aromatic rings. The molecule has 6 aromatic carbocycles. The minimum atomic E-state index is 0.173. The maximum Gasteiger partial charge on any atom is 0.238 e.